The Morgan fingerprint density at radius 3 is 2.71 bits per heavy atom. The third kappa shape index (κ3) is 3.43. The third-order valence-electron chi connectivity index (χ3n) is 2.63. The van der Waals surface area contributed by atoms with E-state index in [-0.39, 0.29) is 17.3 Å². The van der Waals surface area contributed by atoms with Gasteiger partial charge in [-0.15, -0.1) is 22.7 Å². The number of nitrogens with zero attached hydrogens (tertiary/aromatic N) is 2. The number of hydrogen-bond acceptors (Lipinski definition) is 6. The number of carboxylic acid groups (broad SMARTS) is 1. The summed E-state index contributed by atoms with van der Waals surface area (Å²) in [6, 6.07) is 3.44. The number of carboxylic acids is 1. The van der Waals surface area contributed by atoms with E-state index in [2.05, 4.69) is 4.98 Å². The van der Waals surface area contributed by atoms with Crippen molar-refractivity contribution in [2.45, 2.75) is 17.7 Å². The summed E-state index contributed by atoms with van der Waals surface area (Å²) in [5.74, 6) is -1.36. The molecule has 0 unspecified atom stereocenters. The molecule has 0 saturated carbocycles. The van der Waals surface area contributed by atoms with E-state index >= 15 is 0 Å². The van der Waals surface area contributed by atoms with Crippen LogP contribution in [0.2, 0.25) is 4.34 Å². The summed E-state index contributed by atoms with van der Waals surface area (Å²) in [6.07, 6.45) is 0. The van der Waals surface area contributed by atoms with Crippen LogP contribution in [0.5, 0.6) is 0 Å². The van der Waals surface area contributed by atoms with Crippen molar-refractivity contribution in [2.24, 2.45) is 0 Å². The molecule has 0 aliphatic heterocycles. The van der Waals surface area contributed by atoms with Gasteiger partial charge in [0.05, 0.1) is 9.85 Å². The van der Waals surface area contributed by atoms with Crippen molar-refractivity contribution in [1.82, 2.24) is 9.29 Å². The molecule has 0 aliphatic rings. The molecular weight excluding hydrogens is 356 g/mol. The molecule has 2 rings (SSSR count). The van der Waals surface area contributed by atoms with Crippen LogP contribution in [0.3, 0.4) is 0 Å². The molecule has 0 saturated heterocycles. The number of thiophene rings is 1. The molecule has 0 fully saturated rings. The molecule has 0 aromatic carbocycles. The first-order valence-electron chi connectivity index (χ1n) is 5.77. The van der Waals surface area contributed by atoms with Gasteiger partial charge in [-0.3, -0.25) is 0 Å². The Morgan fingerprint density at radius 2 is 2.19 bits per heavy atom. The molecule has 0 bridgehead atoms. The van der Waals surface area contributed by atoms with Gasteiger partial charge in [-0.05, 0) is 12.1 Å². The fraction of sp³-hybridized carbons (Fsp3) is 0.273. The molecular formula is C11H11ClN2O4S3. The Kier molecular flexibility index (Phi) is 4.99. The van der Waals surface area contributed by atoms with Crippen LogP contribution in [-0.4, -0.2) is 35.3 Å². The number of aromatic nitrogens is 1. The predicted octanol–water partition coefficient (Wildman–Crippen LogP) is 2.77. The first-order chi connectivity index (χ1) is 9.86. The average Bonchev–Trinajstić information content (AvgIpc) is 3.04. The molecule has 2 aromatic heterocycles. The number of thiazole rings is 1. The minimum atomic E-state index is -3.90. The van der Waals surface area contributed by atoms with Crippen molar-refractivity contribution in [2.75, 3.05) is 6.54 Å². The summed E-state index contributed by atoms with van der Waals surface area (Å²) < 4.78 is 26.7. The Balaban J connectivity index is 2.35. The summed E-state index contributed by atoms with van der Waals surface area (Å²) in [4.78, 5) is 15.4. The zero-order chi connectivity index (χ0) is 15.6. The van der Waals surface area contributed by atoms with Crippen molar-refractivity contribution in [1.29, 1.82) is 0 Å². The normalized spacial score (nSPS) is 12.0. The van der Waals surface area contributed by atoms with Gasteiger partial charge in [0.25, 0.3) is 10.0 Å². The maximum Gasteiger partial charge on any atom is 0.356 e. The summed E-state index contributed by atoms with van der Waals surface area (Å²) in [5, 5.41) is 9.01. The molecule has 10 heteroatoms. The second-order valence-electron chi connectivity index (χ2n) is 3.93. The second kappa shape index (κ2) is 6.41. The number of sulfonamides is 1. The molecule has 114 valence electrons. The van der Waals surface area contributed by atoms with Gasteiger partial charge in [-0.1, -0.05) is 18.5 Å². The van der Waals surface area contributed by atoms with E-state index < -0.39 is 21.7 Å². The standard InChI is InChI=1S/C11H11ClN2O4S3/c1-2-14(5-7-3-4-8(12)20-7)21(17,18)11-9(10(15)16)13-6-19-11/h3-4,6H,2,5H2,1H3,(H,15,16). The molecule has 2 heterocycles. The predicted molar refractivity (Wildman–Crippen MR) is 81.7 cm³/mol. The monoisotopic (exact) mass is 366 g/mol. The maximum absolute atomic E-state index is 12.6. The Bertz CT molecular complexity index is 753. The highest BCUT2D eigenvalue weighted by molar-refractivity contribution is 7.91. The fourth-order valence-electron chi connectivity index (χ4n) is 1.66. The van der Waals surface area contributed by atoms with Gasteiger partial charge in [0.15, 0.2) is 9.90 Å². The summed E-state index contributed by atoms with van der Waals surface area (Å²) in [6.45, 7) is 2.05. The second-order valence-corrected chi connectivity index (χ2v) is 8.72. The number of halogens is 1. The topological polar surface area (TPSA) is 87.6 Å². The first-order valence-corrected chi connectivity index (χ1v) is 9.28. The van der Waals surface area contributed by atoms with E-state index in [0.29, 0.717) is 4.34 Å². The lowest BCUT2D eigenvalue weighted by atomic mass is 10.4. The Morgan fingerprint density at radius 1 is 1.48 bits per heavy atom. The van der Waals surface area contributed by atoms with Crippen LogP contribution < -0.4 is 0 Å². The molecule has 0 spiro atoms. The molecule has 0 atom stereocenters. The van der Waals surface area contributed by atoms with Crippen LogP contribution in [0.15, 0.2) is 21.9 Å². The molecule has 1 N–H and O–H groups in total. The van der Waals surface area contributed by atoms with Gasteiger partial charge in [-0.25, -0.2) is 18.2 Å². The van der Waals surface area contributed by atoms with Crippen molar-refractivity contribution in [3.8, 4) is 0 Å². The Hall–Kier alpha value is -1.00. The van der Waals surface area contributed by atoms with Gasteiger partial charge >= 0.3 is 5.97 Å². The lowest BCUT2D eigenvalue weighted by Gasteiger charge is -2.18. The van der Waals surface area contributed by atoms with Gasteiger partial charge in [0.2, 0.25) is 0 Å². The smallest absolute Gasteiger partial charge is 0.356 e. The molecule has 0 aliphatic carbocycles. The average molecular weight is 367 g/mol. The highest BCUT2D eigenvalue weighted by Crippen LogP contribution is 2.28. The highest BCUT2D eigenvalue weighted by Gasteiger charge is 2.31. The summed E-state index contributed by atoms with van der Waals surface area (Å²) >= 11 is 7.92. The van der Waals surface area contributed by atoms with E-state index in [9.17, 15) is 13.2 Å². The number of rotatable bonds is 6. The lowest BCUT2D eigenvalue weighted by molar-refractivity contribution is 0.0687. The van der Waals surface area contributed by atoms with E-state index in [1.165, 1.54) is 21.2 Å². The van der Waals surface area contributed by atoms with Gasteiger partial charge < -0.3 is 5.11 Å². The van der Waals surface area contributed by atoms with Crippen LogP contribution in [0, 0.1) is 0 Å². The summed E-state index contributed by atoms with van der Waals surface area (Å²) in [5.41, 5.74) is 0.772. The third-order valence-corrected chi connectivity index (χ3v) is 7.11. The van der Waals surface area contributed by atoms with Crippen molar-refractivity contribution < 1.29 is 18.3 Å². The van der Waals surface area contributed by atoms with E-state index in [4.69, 9.17) is 16.7 Å². The van der Waals surface area contributed by atoms with Crippen LogP contribution >= 0.6 is 34.3 Å². The number of aromatic carboxylic acids is 1. The lowest BCUT2D eigenvalue weighted by Crippen LogP contribution is -2.30. The van der Waals surface area contributed by atoms with Gasteiger partial charge in [-0.2, -0.15) is 4.31 Å². The fourth-order valence-corrected chi connectivity index (χ4v) is 5.55. The minimum Gasteiger partial charge on any atom is -0.476 e. The molecule has 2 aromatic rings. The molecule has 0 radical (unpaired) electrons. The highest BCUT2D eigenvalue weighted by atomic mass is 35.5. The Labute approximate surface area is 134 Å². The van der Waals surface area contributed by atoms with E-state index in [1.807, 2.05) is 0 Å². The number of hydrogen-bond donors (Lipinski definition) is 1. The van der Waals surface area contributed by atoms with Crippen molar-refractivity contribution in [3.63, 3.8) is 0 Å². The van der Waals surface area contributed by atoms with E-state index in [0.717, 1.165) is 16.2 Å². The van der Waals surface area contributed by atoms with Crippen LogP contribution in [0.25, 0.3) is 0 Å². The first kappa shape index (κ1) is 16.4. The summed E-state index contributed by atoms with van der Waals surface area (Å²) in [7, 11) is -3.90. The van der Waals surface area contributed by atoms with Crippen LogP contribution in [-0.2, 0) is 16.6 Å². The van der Waals surface area contributed by atoms with Crippen LogP contribution in [0.4, 0.5) is 0 Å². The number of carbonyl (C=O) groups is 1. The van der Waals surface area contributed by atoms with Crippen LogP contribution in [0.1, 0.15) is 22.3 Å². The van der Waals surface area contributed by atoms with Gasteiger partial charge in [0.1, 0.15) is 0 Å². The SMILES string of the molecule is CCN(Cc1ccc(Cl)s1)S(=O)(=O)c1scnc1C(=O)O. The minimum absolute atomic E-state index is 0.146. The molecule has 21 heavy (non-hydrogen) atoms. The van der Waals surface area contributed by atoms with Crippen molar-refractivity contribution >= 4 is 50.3 Å². The largest absolute Gasteiger partial charge is 0.476 e. The van der Waals surface area contributed by atoms with Crippen molar-refractivity contribution in [3.05, 3.63) is 32.6 Å². The van der Waals surface area contributed by atoms with E-state index in [1.54, 1.807) is 19.1 Å². The quantitative estimate of drug-likeness (QED) is 0.849. The van der Waals surface area contributed by atoms with Gasteiger partial charge in [0, 0.05) is 18.0 Å². The zero-order valence-corrected chi connectivity index (χ0v) is 14.0. The zero-order valence-electron chi connectivity index (χ0n) is 10.8. The maximum atomic E-state index is 12.6. The molecule has 6 nitrogen and oxygen atoms in total. The molecule has 0 amide bonds.